The number of benzene rings is 2. The summed E-state index contributed by atoms with van der Waals surface area (Å²) in [5.74, 6) is -0.0410. The van der Waals surface area contributed by atoms with Crippen LogP contribution in [-0.2, 0) is 11.3 Å². The Balaban J connectivity index is 1.26. The van der Waals surface area contributed by atoms with E-state index in [2.05, 4.69) is 15.2 Å². The van der Waals surface area contributed by atoms with Crippen LogP contribution in [-0.4, -0.2) is 63.7 Å². The Kier molecular flexibility index (Phi) is 5.22. The highest BCUT2D eigenvalue weighted by Gasteiger charge is 2.22. The van der Waals surface area contributed by atoms with Gasteiger partial charge in [-0.05, 0) is 35.0 Å². The maximum absolute atomic E-state index is 12.4. The van der Waals surface area contributed by atoms with Gasteiger partial charge in [0.05, 0.1) is 0 Å². The lowest BCUT2D eigenvalue weighted by molar-refractivity contribution is -0.138. The molecule has 140 valence electrons. The molecule has 2 heterocycles. The molecule has 0 unspecified atom stereocenters. The van der Waals surface area contributed by atoms with E-state index in [1.165, 1.54) is 10.4 Å². The van der Waals surface area contributed by atoms with Crippen molar-refractivity contribution in [3.05, 3.63) is 59.1 Å². The minimum absolute atomic E-state index is 0.0410. The van der Waals surface area contributed by atoms with Crippen LogP contribution in [0.1, 0.15) is 5.56 Å². The maximum Gasteiger partial charge on any atom is 0.263 e. The molecular weight excluding hydrogens is 366 g/mol. The Morgan fingerprint density at radius 3 is 2.56 bits per heavy atom. The predicted molar refractivity (Wildman–Crippen MR) is 102 cm³/mol. The highest BCUT2D eigenvalue weighted by molar-refractivity contribution is 6.30. The Morgan fingerprint density at radius 1 is 1.04 bits per heavy atom. The van der Waals surface area contributed by atoms with E-state index in [1.807, 2.05) is 53.4 Å². The van der Waals surface area contributed by atoms with E-state index in [4.69, 9.17) is 16.4 Å². The molecule has 0 bridgehead atoms. The molecule has 4 rings (SSSR count). The van der Waals surface area contributed by atoms with E-state index in [1.54, 1.807) is 0 Å². The van der Waals surface area contributed by atoms with Gasteiger partial charge >= 0.3 is 0 Å². The van der Waals surface area contributed by atoms with Crippen LogP contribution in [0, 0.1) is 0 Å². The number of nitrogens with zero attached hydrogens (tertiary/aromatic N) is 5. The Hall–Kier alpha value is -2.64. The van der Waals surface area contributed by atoms with Crippen LogP contribution in [0.2, 0.25) is 5.02 Å². The smallest absolute Gasteiger partial charge is 0.263 e. The molecule has 3 aromatic rings. The first-order valence-corrected chi connectivity index (χ1v) is 9.25. The summed E-state index contributed by atoms with van der Waals surface area (Å²) >= 11 is 5.93. The first kappa shape index (κ1) is 17.8. The first-order valence-electron chi connectivity index (χ1n) is 8.87. The monoisotopic (exact) mass is 385 g/mol. The number of halogens is 1. The highest BCUT2D eigenvalue weighted by atomic mass is 35.5. The van der Waals surface area contributed by atoms with Crippen molar-refractivity contribution in [2.45, 2.75) is 6.54 Å². The van der Waals surface area contributed by atoms with Crippen LogP contribution in [0.3, 0.4) is 0 Å². The van der Waals surface area contributed by atoms with E-state index in [-0.39, 0.29) is 12.5 Å². The van der Waals surface area contributed by atoms with Crippen LogP contribution in [0.5, 0.6) is 0 Å². The quantitative estimate of drug-likeness (QED) is 0.670. The van der Waals surface area contributed by atoms with E-state index >= 15 is 0 Å². The molecule has 7 nitrogen and oxygen atoms in total. The van der Waals surface area contributed by atoms with Crippen molar-refractivity contribution in [1.82, 2.24) is 25.0 Å². The van der Waals surface area contributed by atoms with Gasteiger partial charge in [0.25, 0.3) is 5.91 Å². The van der Waals surface area contributed by atoms with Crippen LogP contribution >= 0.6 is 11.6 Å². The highest BCUT2D eigenvalue weighted by Crippen LogP contribution is 2.13. The molecule has 0 N–H and O–H groups in total. The summed E-state index contributed by atoms with van der Waals surface area (Å²) in [7, 11) is 0. The largest absolute Gasteiger partial charge is 0.385 e. The van der Waals surface area contributed by atoms with Crippen molar-refractivity contribution in [3.63, 3.8) is 0 Å². The van der Waals surface area contributed by atoms with Crippen molar-refractivity contribution in [3.8, 4) is 0 Å². The van der Waals surface area contributed by atoms with Gasteiger partial charge in [0.1, 0.15) is 11.0 Å². The molecule has 2 aromatic carbocycles. The molecule has 0 spiro atoms. The normalized spacial score (nSPS) is 15.2. The zero-order valence-corrected chi connectivity index (χ0v) is 15.5. The Morgan fingerprint density at radius 2 is 1.78 bits per heavy atom. The van der Waals surface area contributed by atoms with E-state index in [0.717, 1.165) is 35.7 Å². The number of fused-ring (bicyclic) bond motifs is 1. The Labute approximate surface area is 162 Å². The molecule has 8 heteroatoms. The lowest BCUT2D eigenvalue weighted by Crippen LogP contribution is -2.50. The van der Waals surface area contributed by atoms with Crippen molar-refractivity contribution in [2.75, 3.05) is 32.8 Å². The Bertz CT molecular complexity index is 919. The van der Waals surface area contributed by atoms with Crippen molar-refractivity contribution < 1.29 is 9.63 Å². The average Bonchev–Trinajstić information content (AvgIpc) is 3.12. The second kappa shape index (κ2) is 7.94. The standard InChI is InChI=1S/C19H20ClN5O2/c20-16-7-5-15(6-8-16)13-23-9-11-24(12-10-23)19(26)14-27-25-18-4-2-1-3-17(18)21-22-25/h1-8H,9-14H2. The maximum atomic E-state index is 12.4. The summed E-state index contributed by atoms with van der Waals surface area (Å²) in [5, 5.41) is 8.69. The van der Waals surface area contributed by atoms with Gasteiger partial charge in [-0.2, -0.15) is 0 Å². The van der Waals surface area contributed by atoms with Gasteiger partial charge < -0.3 is 9.74 Å². The third-order valence-corrected chi connectivity index (χ3v) is 4.93. The third kappa shape index (κ3) is 4.20. The summed E-state index contributed by atoms with van der Waals surface area (Å²) < 4.78 is 0. The summed E-state index contributed by atoms with van der Waals surface area (Å²) in [6.07, 6.45) is 0. The number of carbonyl (C=O) groups excluding carboxylic acids is 1. The number of hydrogen-bond acceptors (Lipinski definition) is 5. The minimum Gasteiger partial charge on any atom is -0.385 e. The average molecular weight is 386 g/mol. The van der Waals surface area contributed by atoms with Crippen LogP contribution in [0.25, 0.3) is 11.0 Å². The lowest BCUT2D eigenvalue weighted by atomic mass is 10.2. The number of amides is 1. The van der Waals surface area contributed by atoms with Crippen LogP contribution in [0.4, 0.5) is 0 Å². The van der Waals surface area contributed by atoms with Gasteiger partial charge in [0, 0.05) is 37.7 Å². The number of piperazine rings is 1. The fraction of sp³-hybridized carbons (Fsp3) is 0.316. The van der Waals surface area contributed by atoms with E-state index in [9.17, 15) is 4.79 Å². The van der Waals surface area contributed by atoms with Gasteiger partial charge in [-0.1, -0.05) is 40.7 Å². The minimum atomic E-state index is -0.0511. The van der Waals surface area contributed by atoms with Gasteiger partial charge in [-0.15, -0.1) is 5.10 Å². The molecule has 1 amide bonds. The van der Waals surface area contributed by atoms with Crippen molar-refractivity contribution in [1.29, 1.82) is 0 Å². The van der Waals surface area contributed by atoms with E-state index in [0.29, 0.717) is 13.1 Å². The molecule has 1 aliphatic heterocycles. The number of aromatic nitrogens is 3. The molecule has 1 saturated heterocycles. The number of rotatable bonds is 5. The van der Waals surface area contributed by atoms with Crippen molar-refractivity contribution in [2.24, 2.45) is 0 Å². The summed E-state index contributed by atoms with van der Waals surface area (Å²) in [6.45, 7) is 3.86. The van der Waals surface area contributed by atoms with Gasteiger partial charge in [0.15, 0.2) is 6.61 Å². The second-order valence-electron chi connectivity index (χ2n) is 6.51. The van der Waals surface area contributed by atoms with Gasteiger partial charge in [-0.25, -0.2) is 0 Å². The molecule has 1 aliphatic rings. The molecule has 27 heavy (non-hydrogen) atoms. The number of para-hydroxylation sites is 1. The van der Waals surface area contributed by atoms with Gasteiger partial charge in [0.2, 0.25) is 0 Å². The SMILES string of the molecule is O=C(COn1nnc2ccccc21)N1CCN(Cc2ccc(Cl)cc2)CC1. The zero-order valence-electron chi connectivity index (χ0n) is 14.8. The van der Waals surface area contributed by atoms with Gasteiger partial charge in [-0.3, -0.25) is 9.69 Å². The second-order valence-corrected chi connectivity index (χ2v) is 6.94. The molecule has 0 atom stereocenters. The first-order chi connectivity index (χ1) is 13.2. The number of carbonyl (C=O) groups is 1. The van der Waals surface area contributed by atoms with E-state index < -0.39 is 0 Å². The zero-order chi connectivity index (χ0) is 18.6. The van der Waals surface area contributed by atoms with Crippen LogP contribution in [0.15, 0.2) is 48.5 Å². The van der Waals surface area contributed by atoms with Crippen LogP contribution < -0.4 is 4.84 Å². The molecule has 0 saturated carbocycles. The topological polar surface area (TPSA) is 63.5 Å². The molecule has 1 aromatic heterocycles. The summed E-state index contributed by atoms with van der Waals surface area (Å²) in [4.78, 5) is 23.4. The third-order valence-electron chi connectivity index (χ3n) is 4.68. The summed E-state index contributed by atoms with van der Waals surface area (Å²) in [5.41, 5.74) is 2.71. The summed E-state index contributed by atoms with van der Waals surface area (Å²) in [6, 6.07) is 15.4. The molecule has 0 radical (unpaired) electrons. The molecular formula is C19H20ClN5O2. The molecule has 1 fully saturated rings. The lowest BCUT2D eigenvalue weighted by Gasteiger charge is -2.34. The van der Waals surface area contributed by atoms with Crippen molar-refractivity contribution >= 4 is 28.5 Å². The number of hydrogen-bond donors (Lipinski definition) is 0. The fourth-order valence-corrected chi connectivity index (χ4v) is 3.28. The fourth-order valence-electron chi connectivity index (χ4n) is 3.15. The molecule has 0 aliphatic carbocycles. The predicted octanol–water partition coefficient (Wildman–Crippen LogP) is 1.86.